The Bertz CT molecular complexity index is 779. The Hall–Kier alpha value is -1.73. The summed E-state index contributed by atoms with van der Waals surface area (Å²) in [7, 11) is -1.97. The maximum Gasteiger partial charge on any atom is 0.320 e. The molecule has 0 atom stereocenters. The highest BCUT2D eigenvalue weighted by Crippen LogP contribution is 2.22. The summed E-state index contributed by atoms with van der Waals surface area (Å²) >= 11 is 5.81. The first-order chi connectivity index (χ1) is 10.3. The van der Waals surface area contributed by atoms with Crippen LogP contribution in [-0.4, -0.2) is 35.7 Å². The second-order valence-electron chi connectivity index (χ2n) is 4.89. The average Bonchev–Trinajstić information content (AvgIpc) is 2.46. The monoisotopic (exact) mass is 341 g/mol. The third-order valence-corrected chi connectivity index (χ3v) is 5.49. The van der Waals surface area contributed by atoms with E-state index in [1.165, 1.54) is 7.11 Å². The largest absolute Gasteiger partial charge is 0.467 e. The van der Waals surface area contributed by atoms with Crippen LogP contribution in [-0.2, 0) is 16.3 Å². The lowest BCUT2D eigenvalue weighted by molar-refractivity contribution is 0.376. The molecule has 0 saturated heterocycles. The molecule has 2 aromatic rings. The van der Waals surface area contributed by atoms with Crippen molar-refractivity contribution in [3.05, 3.63) is 40.9 Å². The highest BCUT2D eigenvalue weighted by atomic mass is 35.5. The third-order valence-electron chi connectivity index (χ3n) is 3.06. The molecule has 8 heteroatoms. The molecule has 0 radical (unpaired) electrons. The van der Waals surface area contributed by atoms with E-state index in [2.05, 4.69) is 15.0 Å². The zero-order valence-corrected chi connectivity index (χ0v) is 14.0. The molecule has 0 fully saturated rings. The number of sulfone groups is 1. The van der Waals surface area contributed by atoms with Gasteiger partial charge in [-0.3, -0.25) is 0 Å². The zero-order chi connectivity index (χ0) is 16.3. The summed E-state index contributed by atoms with van der Waals surface area (Å²) in [6, 6.07) is 6.89. The first-order valence-electron chi connectivity index (χ1n) is 6.61. The van der Waals surface area contributed by atoms with Gasteiger partial charge in [0.2, 0.25) is 5.28 Å². The Balaban J connectivity index is 2.45. The number of hydrogen-bond acceptors (Lipinski definition) is 6. The van der Waals surface area contributed by atoms with Gasteiger partial charge in [-0.05, 0) is 37.1 Å². The van der Waals surface area contributed by atoms with Crippen molar-refractivity contribution >= 4 is 21.4 Å². The highest BCUT2D eigenvalue weighted by molar-refractivity contribution is 7.92. The summed E-state index contributed by atoms with van der Waals surface area (Å²) < 4.78 is 29.8. The van der Waals surface area contributed by atoms with Crippen LogP contribution >= 0.6 is 11.6 Å². The van der Waals surface area contributed by atoms with Crippen molar-refractivity contribution in [2.75, 3.05) is 7.11 Å². The van der Waals surface area contributed by atoms with E-state index in [-0.39, 0.29) is 22.6 Å². The van der Waals surface area contributed by atoms with Gasteiger partial charge in [-0.25, -0.2) is 13.4 Å². The molecule has 0 saturated carbocycles. The fraction of sp³-hybridized carbons (Fsp3) is 0.357. The lowest BCUT2D eigenvalue weighted by Gasteiger charge is -2.12. The molecule has 22 heavy (non-hydrogen) atoms. The molecule has 1 aromatic carbocycles. The Morgan fingerprint density at radius 1 is 1.18 bits per heavy atom. The Morgan fingerprint density at radius 3 is 2.50 bits per heavy atom. The van der Waals surface area contributed by atoms with Crippen LogP contribution in [0, 0.1) is 0 Å². The summed E-state index contributed by atoms with van der Waals surface area (Å²) in [4.78, 5) is 12.2. The predicted octanol–water partition coefficient (Wildman–Crippen LogP) is 2.31. The summed E-state index contributed by atoms with van der Waals surface area (Å²) in [5.74, 6) is 0.350. The van der Waals surface area contributed by atoms with Gasteiger partial charge in [0.15, 0.2) is 9.84 Å². The topological polar surface area (TPSA) is 82.0 Å². The lowest BCUT2D eigenvalue weighted by atomic mass is 10.1. The number of nitrogens with zero attached hydrogens (tertiary/aromatic N) is 3. The van der Waals surface area contributed by atoms with E-state index in [0.717, 1.165) is 0 Å². The Labute approximate surface area is 134 Å². The minimum Gasteiger partial charge on any atom is -0.467 e. The van der Waals surface area contributed by atoms with Crippen molar-refractivity contribution in [2.24, 2.45) is 0 Å². The second kappa shape index (κ2) is 6.58. The van der Waals surface area contributed by atoms with Crippen LogP contribution in [0.15, 0.2) is 29.2 Å². The van der Waals surface area contributed by atoms with Crippen LogP contribution in [0.2, 0.25) is 5.28 Å². The molecule has 0 spiro atoms. The summed E-state index contributed by atoms with van der Waals surface area (Å²) in [6.07, 6.45) is 0.223. The van der Waals surface area contributed by atoms with E-state index in [9.17, 15) is 8.42 Å². The molecule has 118 valence electrons. The molecular formula is C14H16ClN3O3S. The molecule has 0 bridgehead atoms. The SMILES string of the molecule is COc1nc(Cl)nc(Cc2ccccc2S(=O)(=O)C(C)C)n1. The van der Waals surface area contributed by atoms with Crippen LogP contribution in [0.3, 0.4) is 0 Å². The molecule has 0 aliphatic rings. The normalized spacial score (nSPS) is 11.7. The fourth-order valence-electron chi connectivity index (χ4n) is 1.89. The number of benzene rings is 1. The summed E-state index contributed by atoms with van der Waals surface area (Å²) in [5, 5.41) is -0.504. The average molecular weight is 342 g/mol. The third kappa shape index (κ3) is 3.53. The molecule has 0 unspecified atom stereocenters. The van der Waals surface area contributed by atoms with Crippen molar-refractivity contribution in [1.82, 2.24) is 15.0 Å². The summed E-state index contributed by atoms with van der Waals surface area (Å²) in [6.45, 7) is 3.30. The molecule has 1 aromatic heterocycles. The van der Waals surface area contributed by atoms with Gasteiger partial charge in [0.25, 0.3) is 0 Å². The predicted molar refractivity (Wildman–Crippen MR) is 83.0 cm³/mol. The number of ether oxygens (including phenoxy) is 1. The summed E-state index contributed by atoms with van der Waals surface area (Å²) in [5.41, 5.74) is 0.612. The van der Waals surface area contributed by atoms with E-state index in [0.29, 0.717) is 11.4 Å². The quantitative estimate of drug-likeness (QED) is 0.830. The van der Waals surface area contributed by atoms with Gasteiger partial charge >= 0.3 is 6.01 Å². The minimum atomic E-state index is -3.39. The van der Waals surface area contributed by atoms with Gasteiger partial charge in [-0.2, -0.15) is 9.97 Å². The standard InChI is InChI=1S/C14H16ClN3O3S/c1-9(2)22(19,20)11-7-5-4-6-10(11)8-12-16-13(15)18-14(17-12)21-3/h4-7,9H,8H2,1-3H3. The van der Waals surface area contributed by atoms with Gasteiger partial charge in [0.05, 0.1) is 17.3 Å². The van der Waals surface area contributed by atoms with Crippen molar-refractivity contribution in [1.29, 1.82) is 0 Å². The molecule has 0 aliphatic carbocycles. The number of halogens is 1. The van der Waals surface area contributed by atoms with Crippen LogP contribution in [0.5, 0.6) is 6.01 Å². The minimum absolute atomic E-state index is 0.00560. The maximum absolute atomic E-state index is 12.4. The lowest BCUT2D eigenvalue weighted by Crippen LogP contribution is -2.16. The molecule has 0 aliphatic heterocycles. The maximum atomic E-state index is 12.4. The molecule has 1 heterocycles. The number of hydrogen-bond donors (Lipinski definition) is 0. The Kier molecular flexibility index (Phi) is 4.97. The highest BCUT2D eigenvalue weighted by Gasteiger charge is 2.22. The molecule has 0 N–H and O–H groups in total. The van der Waals surface area contributed by atoms with Crippen LogP contribution in [0.4, 0.5) is 0 Å². The molecule has 2 rings (SSSR count). The van der Waals surface area contributed by atoms with Gasteiger partial charge in [-0.15, -0.1) is 0 Å². The first-order valence-corrected chi connectivity index (χ1v) is 8.53. The van der Waals surface area contributed by atoms with E-state index in [1.807, 2.05) is 0 Å². The molecular weight excluding hydrogens is 326 g/mol. The fourth-order valence-corrected chi connectivity index (χ4v) is 3.34. The number of rotatable bonds is 5. The van der Waals surface area contributed by atoms with Crippen molar-refractivity contribution in [3.8, 4) is 6.01 Å². The number of aromatic nitrogens is 3. The van der Waals surface area contributed by atoms with Gasteiger partial charge in [-0.1, -0.05) is 18.2 Å². The van der Waals surface area contributed by atoms with Crippen molar-refractivity contribution in [2.45, 2.75) is 30.4 Å². The van der Waals surface area contributed by atoms with Gasteiger partial charge in [0.1, 0.15) is 5.82 Å². The first kappa shape index (κ1) is 16.6. The van der Waals surface area contributed by atoms with Crippen molar-refractivity contribution < 1.29 is 13.2 Å². The van der Waals surface area contributed by atoms with Crippen LogP contribution < -0.4 is 4.74 Å². The van der Waals surface area contributed by atoms with E-state index >= 15 is 0 Å². The van der Waals surface area contributed by atoms with Crippen LogP contribution in [0.1, 0.15) is 25.2 Å². The Morgan fingerprint density at radius 2 is 1.86 bits per heavy atom. The van der Waals surface area contributed by atoms with E-state index in [4.69, 9.17) is 16.3 Å². The smallest absolute Gasteiger partial charge is 0.320 e. The van der Waals surface area contributed by atoms with Gasteiger partial charge < -0.3 is 4.74 Å². The molecule has 6 nitrogen and oxygen atoms in total. The number of methoxy groups -OCH3 is 1. The van der Waals surface area contributed by atoms with E-state index < -0.39 is 15.1 Å². The molecule has 0 amide bonds. The van der Waals surface area contributed by atoms with Gasteiger partial charge in [0, 0.05) is 6.42 Å². The van der Waals surface area contributed by atoms with Crippen LogP contribution in [0.25, 0.3) is 0 Å². The second-order valence-corrected chi connectivity index (χ2v) is 7.70. The van der Waals surface area contributed by atoms with Crippen molar-refractivity contribution in [3.63, 3.8) is 0 Å². The van der Waals surface area contributed by atoms with E-state index in [1.54, 1.807) is 38.1 Å². The zero-order valence-electron chi connectivity index (χ0n) is 12.4.